The Morgan fingerprint density at radius 2 is 1.67 bits per heavy atom. The Kier molecular flexibility index (Phi) is 4.91. The Labute approximate surface area is 105 Å². The smallest absolute Gasteiger partial charge is 0.149 e. The average molecular weight is 265 g/mol. The van der Waals surface area contributed by atoms with Crippen molar-refractivity contribution in [2.45, 2.75) is 24.7 Å². The van der Waals surface area contributed by atoms with Gasteiger partial charge in [0.2, 0.25) is 0 Å². The summed E-state index contributed by atoms with van der Waals surface area (Å²) >= 11 is 17.5. The zero-order valence-electron chi connectivity index (χ0n) is 8.55. The molecule has 0 spiro atoms. The van der Waals surface area contributed by atoms with Crippen LogP contribution in [-0.4, -0.2) is 16.6 Å². The molecule has 82 valence electrons. The van der Waals surface area contributed by atoms with Crippen LogP contribution in [0.2, 0.25) is 5.02 Å². The van der Waals surface area contributed by atoms with Crippen LogP contribution in [0.5, 0.6) is 0 Å². The molecule has 1 rings (SSSR count). The minimum atomic E-state index is -0.617. The van der Waals surface area contributed by atoms with Crippen LogP contribution in [0, 0.1) is 0 Å². The molecule has 1 aromatic rings. The predicted molar refractivity (Wildman–Crippen MR) is 68.6 cm³/mol. The first-order chi connectivity index (χ1) is 7.00. The molecule has 0 amide bonds. The molecule has 0 N–H and O–H groups in total. The largest absolute Gasteiger partial charge is 0.284 e. The molecule has 1 nitrogen and oxygen atoms in total. The van der Waals surface area contributed by atoms with Crippen molar-refractivity contribution in [2.24, 2.45) is 4.99 Å². The van der Waals surface area contributed by atoms with Gasteiger partial charge in [0, 0.05) is 11.1 Å². The zero-order valence-corrected chi connectivity index (χ0v) is 10.8. The first kappa shape index (κ1) is 12.8. The SMILES string of the molecule is CC(C)N=C(c1ccc(Cl)cc1)C(Cl)Cl. The topological polar surface area (TPSA) is 12.4 Å². The molecule has 0 heterocycles. The highest BCUT2D eigenvalue weighted by Crippen LogP contribution is 2.17. The maximum Gasteiger partial charge on any atom is 0.149 e. The molecular weight excluding hydrogens is 252 g/mol. The number of nitrogens with zero attached hydrogens (tertiary/aromatic N) is 1. The van der Waals surface area contributed by atoms with Crippen molar-refractivity contribution in [1.29, 1.82) is 0 Å². The van der Waals surface area contributed by atoms with E-state index >= 15 is 0 Å². The highest BCUT2D eigenvalue weighted by molar-refractivity contribution is 6.56. The van der Waals surface area contributed by atoms with E-state index in [9.17, 15) is 0 Å². The normalized spacial score (nSPS) is 12.6. The van der Waals surface area contributed by atoms with Crippen molar-refractivity contribution in [3.8, 4) is 0 Å². The van der Waals surface area contributed by atoms with Crippen molar-refractivity contribution in [2.75, 3.05) is 0 Å². The summed E-state index contributed by atoms with van der Waals surface area (Å²) < 4.78 is 0. The van der Waals surface area contributed by atoms with Crippen LogP contribution in [0.4, 0.5) is 0 Å². The summed E-state index contributed by atoms with van der Waals surface area (Å²) in [4.78, 5) is 3.77. The van der Waals surface area contributed by atoms with Crippen molar-refractivity contribution in [3.05, 3.63) is 34.9 Å². The molecule has 0 saturated carbocycles. The molecule has 0 aromatic heterocycles. The molecule has 15 heavy (non-hydrogen) atoms. The summed E-state index contributed by atoms with van der Waals surface area (Å²) in [6, 6.07) is 7.48. The minimum absolute atomic E-state index is 0.163. The van der Waals surface area contributed by atoms with E-state index in [1.807, 2.05) is 26.0 Å². The maximum absolute atomic E-state index is 5.86. The summed E-state index contributed by atoms with van der Waals surface area (Å²) in [5.41, 5.74) is 1.59. The minimum Gasteiger partial charge on any atom is -0.284 e. The lowest BCUT2D eigenvalue weighted by Crippen LogP contribution is -2.12. The van der Waals surface area contributed by atoms with Crippen LogP contribution in [-0.2, 0) is 0 Å². The molecule has 0 aliphatic heterocycles. The molecule has 4 heteroatoms. The van der Waals surface area contributed by atoms with Gasteiger partial charge < -0.3 is 0 Å². The van der Waals surface area contributed by atoms with Crippen LogP contribution >= 0.6 is 34.8 Å². The lowest BCUT2D eigenvalue weighted by Gasteiger charge is -2.09. The van der Waals surface area contributed by atoms with Crippen molar-refractivity contribution in [3.63, 3.8) is 0 Å². The van der Waals surface area contributed by atoms with Crippen LogP contribution in [0.15, 0.2) is 29.3 Å². The number of aliphatic imine (C=N–C) groups is 1. The van der Waals surface area contributed by atoms with Gasteiger partial charge in [0.1, 0.15) is 4.84 Å². The van der Waals surface area contributed by atoms with Gasteiger partial charge >= 0.3 is 0 Å². The number of hydrogen-bond acceptors (Lipinski definition) is 1. The number of rotatable bonds is 3. The lowest BCUT2D eigenvalue weighted by molar-refractivity contribution is 0.835. The van der Waals surface area contributed by atoms with Crippen molar-refractivity contribution >= 4 is 40.5 Å². The summed E-state index contributed by atoms with van der Waals surface area (Å²) in [6.07, 6.45) is 0. The Hall–Kier alpha value is -0.240. The van der Waals surface area contributed by atoms with E-state index in [4.69, 9.17) is 34.8 Å². The van der Waals surface area contributed by atoms with Crippen molar-refractivity contribution < 1.29 is 0 Å². The third-order valence-corrected chi connectivity index (χ3v) is 2.41. The average Bonchev–Trinajstić information content (AvgIpc) is 2.15. The number of alkyl halides is 2. The molecule has 0 radical (unpaired) electrons. The Morgan fingerprint density at radius 1 is 1.13 bits per heavy atom. The fourth-order valence-corrected chi connectivity index (χ4v) is 1.65. The third kappa shape index (κ3) is 4.02. The van der Waals surface area contributed by atoms with Gasteiger partial charge in [-0.05, 0) is 31.5 Å². The molecule has 0 bridgehead atoms. The summed E-state index contributed by atoms with van der Waals surface area (Å²) in [5.74, 6) is 0. The number of hydrogen-bond donors (Lipinski definition) is 0. The Bertz CT molecular complexity index is 341. The van der Waals surface area contributed by atoms with E-state index in [1.165, 1.54) is 0 Å². The van der Waals surface area contributed by atoms with Gasteiger partial charge in [-0.15, -0.1) is 0 Å². The Balaban J connectivity index is 3.05. The second kappa shape index (κ2) is 5.74. The Morgan fingerprint density at radius 3 is 2.07 bits per heavy atom. The number of halogens is 3. The summed E-state index contributed by atoms with van der Waals surface area (Å²) in [7, 11) is 0. The number of benzene rings is 1. The van der Waals surface area contributed by atoms with Gasteiger partial charge in [-0.2, -0.15) is 0 Å². The van der Waals surface area contributed by atoms with E-state index in [0.717, 1.165) is 5.56 Å². The van der Waals surface area contributed by atoms with Crippen molar-refractivity contribution in [1.82, 2.24) is 0 Å². The third-order valence-electron chi connectivity index (χ3n) is 1.74. The molecule has 0 fully saturated rings. The molecular formula is C11H12Cl3N. The summed E-state index contributed by atoms with van der Waals surface area (Å²) in [6.45, 7) is 3.96. The predicted octanol–water partition coefficient (Wildman–Crippen LogP) is 4.34. The van der Waals surface area contributed by atoms with E-state index in [1.54, 1.807) is 12.1 Å². The van der Waals surface area contributed by atoms with Crippen LogP contribution < -0.4 is 0 Å². The molecule has 0 aliphatic carbocycles. The van der Waals surface area contributed by atoms with Gasteiger partial charge in [-0.25, -0.2) is 0 Å². The fraction of sp³-hybridized carbons (Fsp3) is 0.364. The van der Waals surface area contributed by atoms with Gasteiger partial charge in [-0.3, -0.25) is 4.99 Å². The first-order valence-electron chi connectivity index (χ1n) is 4.62. The highest BCUT2D eigenvalue weighted by Gasteiger charge is 2.12. The van der Waals surface area contributed by atoms with E-state index < -0.39 is 4.84 Å². The standard InChI is InChI=1S/C11H12Cl3N/c1-7(2)15-10(11(13)14)8-3-5-9(12)6-4-8/h3-7,11H,1-2H3. The maximum atomic E-state index is 5.86. The second-order valence-electron chi connectivity index (χ2n) is 3.42. The van der Waals surface area contributed by atoms with Crippen LogP contribution in [0.1, 0.15) is 19.4 Å². The zero-order chi connectivity index (χ0) is 11.4. The van der Waals surface area contributed by atoms with Gasteiger partial charge in [-0.1, -0.05) is 46.9 Å². The molecule has 0 saturated heterocycles. The van der Waals surface area contributed by atoms with Gasteiger partial charge in [0.15, 0.2) is 0 Å². The van der Waals surface area contributed by atoms with Gasteiger partial charge in [0.25, 0.3) is 0 Å². The van der Waals surface area contributed by atoms with Crippen LogP contribution in [0.3, 0.4) is 0 Å². The first-order valence-corrected chi connectivity index (χ1v) is 5.87. The van der Waals surface area contributed by atoms with E-state index in [0.29, 0.717) is 10.7 Å². The van der Waals surface area contributed by atoms with E-state index in [2.05, 4.69) is 4.99 Å². The highest BCUT2D eigenvalue weighted by atomic mass is 35.5. The second-order valence-corrected chi connectivity index (χ2v) is 4.95. The molecule has 0 unspecified atom stereocenters. The monoisotopic (exact) mass is 263 g/mol. The molecule has 0 atom stereocenters. The molecule has 1 aromatic carbocycles. The molecule has 0 aliphatic rings. The van der Waals surface area contributed by atoms with Crippen LogP contribution in [0.25, 0.3) is 0 Å². The quantitative estimate of drug-likeness (QED) is 0.569. The van der Waals surface area contributed by atoms with Gasteiger partial charge in [0.05, 0.1) is 5.71 Å². The fourth-order valence-electron chi connectivity index (χ4n) is 1.16. The lowest BCUT2D eigenvalue weighted by atomic mass is 10.1. The summed E-state index contributed by atoms with van der Waals surface area (Å²) in [5, 5.41) is 0.684. The van der Waals surface area contributed by atoms with E-state index in [-0.39, 0.29) is 6.04 Å².